The Labute approximate surface area is 113 Å². The van der Waals surface area contributed by atoms with Crippen molar-refractivity contribution < 1.29 is 18.3 Å². The molecular formula is C11H19N3O4S. The first-order valence-corrected chi connectivity index (χ1v) is 7.24. The second-order valence-corrected chi connectivity index (χ2v) is 5.69. The standard InChI is InChI=1S/C11H19N3O4S/c1-12-11-9-10(3-4-13-11)19(16,17)14(5-7-15)6-8-18-2/h3-4,9,15H,5-8H2,1-2H3,(H,12,13). The molecular weight excluding hydrogens is 270 g/mol. The second-order valence-electron chi connectivity index (χ2n) is 3.75. The van der Waals surface area contributed by atoms with Gasteiger partial charge < -0.3 is 15.2 Å². The Morgan fingerprint density at radius 3 is 2.79 bits per heavy atom. The molecule has 0 spiro atoms. The predicted molar refractivity (Wildman–Crippen MR) is 71.5 cm³/mol. The van der Waals surface area contributed by atoms with Crippen LogP contribution in [0.4, 0.5) is 5.82 Å². The molecule has 7 nitrogen and oxygen atoms in total. The number of hydrogen-bond donors (Lipinski definition) is 2. The van der Waals surface area contributed by atoms with Gasteiger partial charge in [0, 0.05) is 39.5 Å². The number of pyridine rings is 1. The first-order chi connectivity index (χ1) is 9.06. The third kappa shape index (κ3) is 4.13. The first kappa shape index (κ1) is 15.8. The zero-order valence-electron chi connectivity index (χ0n) is 11.0. The Balaban J connectivity index is 3.03. The second kappa shape index (κ2) is 7.39. The zero-order valence-corrected chi connectivity index (χ0v) is 11.9. The number of aliphatic hydroxyl groups excluding tert-OH is 1. The SMILES string of the molecule is CNc1cc(S(=O)(=O)N(CCO)CCOC)ccn1. The van der Waals surface area contributed by atoms with Gasteiger partial charge in [-0.05, 0) is 6.07 Å². The average molecular weight is 289 g/mol. The molecule has 19 heavy (non-hydrogen) atoms. The number of rotatable bonds is 8. The van der Waals surface area contributed by atoms with Crippen LogP contribution in [-0.2, 0) is 14.8 Å². The van der Waals surface area contributed by atoms with Crippen LogP contribution in [0.2, 0.25) is 0 Å². The molecule has 1 rings (SSSR count). The van der Waals surface area contributed by atoms with Crippen LogP contribution in [0, 0.1) is 0 Å². The fourth-order valence-corrected chi connectivity index (χ4v) is 2.94. The summed E-state index contributed by atoms with van der Waals surface area (Å²) in [6.07, 6.45) is 1.42. The van der Waals surface area contributed by atoms with E-state index in [9.17, 15) is 8.42 Å². The maximum atomic E-state index is 12.4. The van der Waals surface area contributed by atoms with Gasteiger partial charge in [0.25, 0.3) is 0 Å². The highest BCUT2D eigenvalue weighted by Gasteiger charge is 2.24. The van der Waals surface area contributed by atoms with Crippen molar-refractivity contribution >= 4 is 15.8 Å². The van der Waals surface area contributed by atoms with Gasteiger partial charge in [-0.25, -0.2) is 13.4 Å². The van der Waals surface area contributed by atoms with Gasteiger partial charge in [0.15, 0.2) is 0 Å². The summed E-state index contributed by atoms with van der Waals surface area (Å²) in [4.78, 5) is 4.11. The summed E-state index contributed by atoms with van der Waals surface area (Å²) in [5.41, 5.74) is 0. The van der Waals surface area contributed by atoms with Crippen LogP contribution in [0.5, 0.6) is 0 Å². The van der Waals surface area contributed by atoms with E-state index >= 15 is 0 Å². The predicted octanol–water partition coefficient (Wildman–Crippen LogP) is -0.247. The number of methoxy groups -OCH3 is 1. The molecule has 0 unspecified atom stereocenters. The lowest BCUT2D eigenvalue weighted by molar-refractivity contribution is 0.168. The Bertz CT molecular complexity index is 492. The molecule has 108 valence electrons. The quantitative estimate of drug-likeness (QED) is 0.686. The highest BCUT2D eigenvalue weighted by atomic mass is 32.2. The van der Waals surface area contributed by atoms with Crippen molar-refractivity contribution in [1.82, 2.24) is 9.29 Å². The molecule has 0 amide bonds. The van der Waals surface area contributed by atoms with Gasteiger partial charge in [-0.15, -0.1) is 0 Å². The van der Waals surface area contributed by atoms with E-state index in [-0.39, 0.29) is 31.2 Å². The summed E-state index contributed by atoms with van der Waals surface area (Å²) in [5, 5.41) is 11.8. The average Bonchev–Trinajstić information content (AvgIpc) is 2.43. The van der Waals surface area contributed by atoms with E-state index in [2.05, 4.69) is 10.3 Å². The molecule has 0 atom stereocenters. The van der Waals surface area contributed by atoms with Crippen molar-refractivity contribution in [2.24, 2.45) is 0 Å². The highest BCUT2D eigenvalue weighted by Crippen LogP contribution is 2.17. The smallest absolute Gasteiger partial charge is 0.243 e. The number of nitrogens with zero attached hydrogens (tertiary/aromatic N) is 2. The molecule has 0 bridgehead atoms. The first-order valence-electron chi connectivity index (χ1n) is 5.80. The Hall–Kier alpha value is -1.22. The minimum Gasteiger partial charge on any atom is -0.395 e. The van der Waals surface area contributed by atoms with Crippen molar-refractivity contribution in [1.29, 1.82) is 0 Å². The Morgan fingerprint density at radius 2 is 2.21 bits per heavy atom. The number of anilines is 1. The number of sulfonamides is 1. The molecule has 8 heteroatoms. The van der Waals surface area contributed by atoms with Crippen LogP contribution in [0.1, 0.15) is 0 Å². The molecule has 1 aromatic rings. The third-order valence-electron chi connectivity index (χ3n) is 2.52. The van der Waals surface area contributed by atoms with Gasteiger partial charge in [-0.3, -0.25) is 0 Å². The minimum atomic E-state index is -3.65. The summed E-state index contributed by atoms with van der Waals surface area (Å²) in [5.74, 6) is 0.469. The molecule has 0 aliphatic rings. The molecule has 1 heterocycles. The fourth-order valence-electron chi connectivity index (χ4n) is 1.51. The molecule has 2 N–H and O–H groups in total. The van der Waals surface area contributed by atoms with Crippen LogP contribution in [0.25, 0.3) is 0 Å². The van der Waals surface area contributed by atoms with E-state index < -0.39 is 10.0 Å². The van der Waals surface area contributed by atoms with Gasteiger partial charge in [0.05, 0.1) is 18.1 Å². The monoisotopic (exact) mass is 289 g/mol. The van der Waals surface area contributed by atoms with Crippen LogP contribution in [0.15, 0.2) is 23.2 Å². The van der Waals surface area contributed by atoms with E-state index in [0.717, 1.165) is 0 Å². The summed E-state index contributed by atoms with van der Waals surface area (Å²) in [6, 6.07) is 2.87. The number of aromatic nitrogens is 1. The number of aliphatic hydroxyl groups is 1. The van der Waals surface area contributed by atoms with Crippen molar-refractivity contribution in [3.63, 3.8) is 0 Å². The number of nitrogens with one attached hydrogen (secondary N) is 1. The lowest BCUT2D eigenvalue weighted by Crippen LogP contribution is -2.36. The van der Waals surface area contributed by atoms with E-state index in [4.69, 9.17) is 9.84 Å². The Morgan fingerprint density at radius 1 is 1.47 bits per heavy atom. The van der Waals surface area contributed by atoms with Crippen LogP contribution < -0.4 is 5.32 Å². The van der Waals surface area contributed by atoms with Crippen molar-refractivity contribution in [3.8, 4) is 0 Å². The van der Waals surface area contributed by atoms with E-state index in [1.54, 1.807) is 7.05 Å². The molecule has 0 aromatic carbocycles. The van der Waals surface area contributed by atoms with Gasteiger partial charge in [-0.2, -0.15) is 4.31 Å². The van der Waals surface area contributed by atoms with Gasteiger partial charge in [0.2, 0.25) is 10.0 Å². The maximum absolute atomic E-state index is 12.4. The van der Waals surface area contributed by atoms with Crippen LogP contribution in [0.3, 0.4) is 0 Å². The molecule has 1 aromatic heterocycles. The molecule has 0 fully saturated rings. The van der Waals surface area contributed by atoms with Crippen molar-refractivity contribution in [2.75, 3.05) is 45.8 Å². The molecule has 0 radical (unpaired) electrons. The van der Waals surface area contributed by atoms with Crippen LogP contribution >= 0.6 is 0 Å². The zero-order chi connectivity index (χ0) is 14.3. The maximum Gasteiger partial charge on any atom is 0.243 e. The van der Waals surface area contributed by atoms with Gasteiger partial charge in [-0.1, -0.05) is 0 Å². The largest absolute Gasteiger partial charge is 0.395 e. The summed E-state index contributed by atoms with van der Waals surface area (Å²) in [6.45, 7) is 0.246. The van der Waals surface area contributed by atoms with Crippen LogP contribution in [-0.4, -0.2) is 63.3 Å². The molecule has 0 saturated carbocycles. The fraction of sp³-hybridized carbons (Fsp3) is 0.545. The van der Waals surface area contributed by atoms with Gasteiger partial charge in [0.1, 0.15) is 5.82 Å². The van der Waals surface area contributed by atoms with E-state index in [0.29, 0.717) is 5.82 Å². The van der Waals surface area contributed by atoms with Gasteiger partial charge >= 0.3 is 0 Å². The molecule has 0 aliphatic carbocycles. The van der Waals surface area contributed by atoms with E-state index in [1.807, 2.05) is 0 Å². The number of ether oxygens (including phenoxy) is 1. The van der Waals surface area contributed by atoms with E-state index in [1.165, 1.54) is 29.7 Å². The highest BCUT2D eigenvalue weighted by molar-refractivity contribution is 7.89. The summed E-state index contributed by atoms with van der Waals surface area (Å²) in [7, 11) is -0.498. The molecule has 0 aliphatic heterocycles. The Kier molecular flexibility index (Phi) is 6.16. The van der Waals surface area contributed by atoms with Crippen molar-refractivity contribution in [2.45, 2.75) is 4.90 Å². The molecule has 0 saturated heterocycles. The topological polar surface area (TPSA) is 91.8 Å². The lowest BCUT2D eigenvalue weighted by Gasteiger charge is -2.21. The lowest BCUT2D eigenvalue weighted by atomic mass is 10.5. The normalized spacial score (nSPS) is 11.8. The third-order valence-corrected chi connectivity index (χ3v) is 4.41. The summed E-state index contributed by atoms with van der Waals surface area (Å²) < 4.78 is 30.9. The number of hydrogen-bond acceptors (Lipinski definition) is 6. The summed E-state index contributed by atoms with van der Waals surface area (Å²) >= 11 is 0. The minimum absolute atomic E-state index is 0.0307. The van der Waals surface area contributed by atoms with Crippen molar-refractivity contribution in [3.05, 3.63) is 18.3 Å².